The van der Waals surface area contributed by atoms with Gasteiger partial charge in [-0.2, -0.15) is 4.98 Å². The number of aromatic nitrogens is 4. The van der Waals surface area contributed by atoms with Crippen LogP contribution in [0.1, 0.15) is 17.0 Å². The predicted octanol–water partition coefficient (Wildman–Crippen LogP) is 3.88. The molecule has 2 heterocycles. The van der Waals surface area contributed by atoms with Gasteiger partial charge in [-0.3, -0.25) is 9.36 Å². The van der Waals surface area contributed by atoms with Crippen LogP contribution in [-0.4, -0.2) is 33.5 Å². The summed E-state index contributed by atoms with van der Waals surface area (Å²) in [6.45, 7) is 3.90. The highest BCUT2D eigenvalue weighted by Crippen LogP contribution is 2.31. The minimum Gasteiger partial charge on any atom is -0.497 e. The molecule has 0 saturated carbocycles. The molecule has 0 bridgehead atoms. The van der Waals surface area contributed by atoms with Crippen molar-refractivity contribution < 1.29 is 14.0 Å². The van der Waals surface area contributed by atoms with Crippen molar-refractivity contribution in [2.24, 2.45) is 0 Å². The lowest BCUT2D eigenvalue weighted by Crippen LogP contribution is -2.39. The smallest absolute Gasteiger partial charge is 0.336 e. The molecule has 182 valence electrons. The Labute approximate surface area is 206 Å². The normalized spacial score (nSPS) is 11.1. The zero-order valence-corrected chi connectivity index (χ0v) is 20.3. The summed E-state index contributed by atoms with van der Waals surface area (Å²) in [5.41, 5.74) is 2.77. The summed E-state index contributed by atoms with van der Waals surface area (Å²) >= 11 is 0. The van der Waals surface area contributed by atoms with Crippen LogP contribution in [0, 0.1) is 13.8 Å². The lowest BCUT2D eigenvalue weighted by atomic mass is 10.1. The molecule has 9 heteroatoms. The van der Waals surface area contributed by atoms with E-state index in [9.17, 15) is 9.59 Å². The number of hydrogen-bond acceptors (Lipinski definition) is 7. The molecule has 0 aliphatic heterocycles. The van der Waals surface area contributed by atoms with E-state index in [2.05, 4.69) is 10.1 Å². The Hall–Kier alpha value is -4.66. The lowest BCUT2D eigenvalue weighted by Gasteiger charge is -2.13. The Kier molecular flexibility index (Phi) is 5.89. The van der Waals surface area contributed by atoms with E-state index in [0.29, 0.717) is 39.5 Å². The van der Waals surface area contributed by atoms with Crippen molar-refractivity contribution in [3.8, 4) is 28.6 Å². The Bertz CT molecular complexity index is 1710. The Morgan fingerprint density at radius 2 is 1.72 bits per heavy atom. The molecule has 0 aliphatic rings. The van der Waals surface area contributed by atoms with Gasteiger partial charge in [-0.25, -0.2) is 9.36 Å². The number of methoxy groups -OCH3 is 2. The minimum atomic E-state index is -0.497. The average Bonchev–Trinajstić information content (AvgIpc) is 3.36. The maximum atomic E-state index is 13.7. The van der Waals surface area contributed by atoms with Crippen LogP contribution >= 0.6 is 0 Å². The molecule has 0 unspecified atom stereocenters. The Morgan fingerprint density at radius 1 is 0.917 bits per heavy atom. The van der Waals surface area contributed by atoms with Crippen molar-refractivity contribution >= 4 is 10.9 Å². The van der Waals surface area contributed by atoms with Crippen molar-refractivity contribution in [2.75, 3.05) is 14.2 Å². The van der Waals surface area contributed by atoms with Crippen molar-refractivity contribution in [3.63, 3.8) is 0 Å². The minimum absolute atomic E-state index is 0.0179. The van der Waals surface area contributed by atoms with Gasteiger partial charge in [-0.1, -0.05) is 23.4 Å². The highest BCUT2D eigenvalue weighted by atomic mass is 16.5. The number of nitrogens with zero attached hydrogens (tertiary/aromatic N) is 4. The second-order valence-corrected chi connectivity index (χ2v) is 8.37. The summed E-state index contributed by atoms with van der Waals surface area (Å²) in [6.07, 6.45) is 0. The van der Waals surface area contributed by atoms with Gasteiger partial charge in [0.2, 0.25) is 11.7 Å². The van der Waals surface area contributed by atoms with E-state index in [1.165, 1.54) is 9.13 Å². The Morgan fingerprint density at radius 3 is 2.47 bits per heavy atom. The van der Waals surface area contributed by atoms with Gasteiger partial charge in [0.25, 0.3) is 5.56 Å². The first-order valence-electron chi connectivity index (χ1n) is 11.3. The van der Waals surface area contributed by atoms with Gasteiger partial charge in [-0.05, 0) is 61.4 Å². The van der Waals surface area contributed by atoms with Gasteiger partial charge in [0.1, 0.15) is 18.0 Å². The van der Waals surface area contributed by atoms with Gasteiger partial charge in [0.05, 0.1) is 36.4 Å². The number of rotatable bonds is 6. The fraction of sp³-hybridized carbons (Fsp3) is 0.185. The van der Waals surface area contributed by atoms with Gasteiger partial charge < -0.3 is 14.0 Å². The number of benzene rings is 3. The van der Waals surface area contributed by atoms with Gasteiger partial charge in [0.15, 0.2) is 0 Å². The summed E-state index contributed by atoms with van der Waals surface area (Å²) < 4.78 is 18.8. The highest BCUT2D eigenvalue weighted by molar-refractivity contribution is 5.78. The molecule has 0 spiro atoms. The average molecular weight is 485 g/mol. The molecule has 0 fully saturated rings. The van der Waals surface area contributed by atoms with Crippen LogP contribution in [0.2, 0.25) is 0 Å². The first-order valence-corrected chi connectivity index (χ1v) is 11.3. The lowest BCUT2D eigenvalue weighted by molar-refractivity contribution is 0.369. The first kappa shape index (κ1) is 23.1. The summed E-state index contributed by atoms with van der Waals surface area (Å²) in [5.74, 6) is 1.67. The van der Waals surface area contributed by atoms with Gasteiger partial charge >= 0.3 is 5.69 Å². The van der Waals surface area contributed by atoms with E-state index in [0.717, 1.165) is 11.1 Å². The van der Waals surface area contributed by atoms with Crippen molar-refractivity contribution in [1.82, 2.24) is 19.3 Å². The van der Waals surface area contributed by atoms with Crippen molar-refractivity contribution in [1.29, 1.82) is 0 Å². The predicted molar refractivity (Wildman–Crippen MR) is 135 cm³/mol. The molecule has 3 aromatic carbocycles. The van der Waals surface area contributed by atoms with E-state index in [4.69, 9.17) is 14.0 Å². The number of fused-ring (bicyclic) bond motifs is 1. The molecule has 9 nitrogen and oxygen atoms in total. The van der Waals surface area contributed by atoms with Crippen LogP contribution < -0.4 is 20.7 Å². The fourth-order valence-corrected chi connectivity index (χ4v) is 4.11. The molecule has 0 N–H and O–H groups in total. The van der Waals surface area contributed by atoms with Crippen LogP contribution in [0.4, 0.5) is 0 Å². The maximum Gasteiger partial charge on any atom is 0.336 e. The van der Waals surface area contributed by atoms with Crippen LogP contribution in [-0.2, 0) is 6.54 Å². The van der Waals surface area contributed by atoms with E-state index in [1.54, 1.807) is 62.8 Å². The van der Waals surface area contributed by atoms with Gasteiger partial charge in [0, 0.05) is 6.07 Å². The number of para-hydroxylation sites is 1. The second kappa shape index (κ2) is 9.18. The van der Waals surface area contributed by atoms with Crippen LogP contribution in [0.25, 0.3) is 28.0 Å². The summed E-state index contributed by atoms with van der Waals surface area (Å²) in [6, 6.07) is 17.7. The molecule has 36 heavy (non-hydrogen) atoms. The Balaban J connectivity index is 1.63. The van der Waals surface area contributed by atoms with Crippen molar-refractivity contribution in [2.45, 2.75) is 20.4 Å². The van der Waals surface area contributed by atoms with Crippen LogP contribution in [0.5, 0.6) is 11.5 Å². The third-order valence-corrected chi connectivity index (χ3v) is 6.21. The van der Waals surface area contributed by atoms with E-state index in [1.807, 2.05) is 26.0 Å². The zero-order chi connectivity index (χ0) is 25.4. The number of ether oxygens (including phenoxy) is 2. The molecule has 2 aromatic heterocycles. The van der Waals surface area contributed by atoms with E-state index >= 15 is 0 Å². The third-order valence-electron chi connectivity index (χ3n) is 6.21. The maximum absolute atomic E-state index is 13.7. The highest BCUT2D eigenvalue weighted by Gasteiger charge is 2.19. The SMILES string of the molecule is COc1ccc(-c2noc(Cn3c(=O)n(-c4ccc(C)c(C)c4)c(=O)c4ccccc43)n2)c(OC)c1. The number of hydrogen-bond donors (Lipinski definition) is 0. The molecule has 0 saturated heterocycles. The van der Waals surface area contributed by atoms with Crippen LogP contribution in [0.15, 0.2) is 74.8 Å². The van der Waals surface area contributed by atoms with E-state index < -0.39 is 5.69 Å². The molecule has 0 radical (unpaired) electrons. The molecular formula is C27H24N4O5. The van der Waals surface area contributed by atoms with Crippen LogP contribution in [0.3, 0.4) is 0 Å². The quantitative estimate of drug-likeness (QED) is 0.360. The van der Waals surface area contributed by atoms with E-state index in [-0.39, 0.29) is 18.0 Å². The number of aryl methyl sites for hydroxylation is 2. The van der Waals surface area contributed by atoms with Crippen molar-refractivity contribution in [3.05, 3.63) is 98.5 Å². The monoisotopic (exact) mass is 484 g/mol. The molecule has 0 atom stereocenters. The molecule has 0 aliphatic carbocycles. The molecule has 5 aromatic rings. The third kappa shape index (κ3) is 3.94. The first-order chi connectivity index (χ1) is 17.4. The molecule has 5 rings (SSSR count). The fourth-order valence-electron chi connectivity index (χ4n) is 4.11. The summed E-state index contributed by atoms with van der Waals surface area (Å²) in [7, 11) is 3.11. The molecular weight excluding hydrogens is 460 g/mol. The standard InChI is InChI=1S/C27H24N4O5/c1-16-9-10-18(13-17(16)2)31-26(32)20-7-5-6-8-22(20)30(27(31)33)15-24-28-25(29-36-24)21-12-11-19(34-3)14-23(21)35-4/h5-14H,15H2,1-4H3. The second-order valence-electron chi connectivity index (χ2n) is 8.37. The largest absolute Gasteiger partial charge is 0.497 e. The summed E-state index contributed by atoms with van der Waals surface area (Å²) in [5, 5.41) is 4.49. The molecule has 0 amide bonds. The zero-order valence-electron chi connectivity index (χ0n) is 20.3. The van der Waals surface area contributed by atoms with Gasteiger partial charge in [-0.15, -0.1) is 0 Å². The topological polar surface area (TPSA) is 101 Å². The summed E-state index contributed by atoms with van der Waals surface area (Å²) in [4.78, 5) is 31.5.